The molecule has 1 atom stereocenters. The second-order valence-electron chi connectivity index (χ2n) is 7.47. The first-order valence-electron chi connectivity index (χ1n) is 9.78. The smallest absolute Gasteiger partial charge is 0.339 e. The number of aryl methyl sites for hydroxylation is 2. The van der Waals surface area contributed by atoms with Crippen molar-refractivity contribution >= 4 is 17.8 Å². The van der Waals surface area contributed by atoms with Gasteiger partial charge in [-0.15, -0.1) is 0 Å². The fourth-order valence-corrected chi connectivity index (χ4v) is 3.29. The quantitative estimate of drug-likeness (QED) is 0.593. The van der Waals surface area contributed by atoms with Crippen LogP contribution in [0.15, 0.2) is 59.1 Å². The highest BCUT2D eigenvalue weighted by atomic mass is 16.5. The fraction of sp³-hybridized carbons (Fsp3) is 0.227. The number of nitrogens with zero attached hydrogens (tertiary/aromatic N) is 3. The van der Waals surface area contributed by atoms with Crippen LogP contribution in [0, 0.1) is 6.92 Å². The number of hydrazine groups is 1. The van der Waals surface area contributed by atoms with Gasteiger partial charge in [-0.1, -0.05) is 65.3 Å². The molecule has 9 heteroatoms. The Kier molecular flexibility index (Phi) is 5.24. The number of carbonyl (C=O) groups excluding carboxylic acids is 3. The average molecular weight is 419 g/mol. The van der Waals surface area contributed by atoms with Gasteiger partial charge < -0.3 is 9.84 Å². The van der Waals surface area contributed by atoms with Gasteiger partial charge in [0.1, 0.15) is 5.54 Å². The lowest BCUT2D eigenvalue weighted by molar-refractivity contribution is -0.139. The van der Waals surface area contributed by atoms with Gasteiger partial charge in [-0.2, -0.15) is 9.99 Å². The van der Waals surface area contributed by atoms with E-state index in [4.69, 9.17) is 4.52 Å². The zero-order valence-corrected chi connectivity index (χ0v) is 17.1. The molecule has 3 aromatic rings. The summed E-state index contributed by atoms with van der Waals surface area (Å²) in [5.41, 5.74) is 3.67. The molecule has 2 heterocycles. The van der Waals surface area contributed by atoms with Gasteiger partial charge in [0, 0.05) is 18.4 Å². The van der Waals surface area contributed by atoms with Crippen LogP contribution in [-0.2, 0) is 21.5 Å². The molecule has 1 aromatic heterocycles. The van der Waals surface area contributed by atoms with E-state index >= 15 is 0 Å². The third-order valence-electron chi connectivity index (χ3n) is 5.12. The molecular formula is C22H21N5O4. The van der Waals surface area contributed by atoms with Gasteiger partial charge in [0.2, 0.25) is 17.6 Å². The number of nitrogens with one attached hydrogen (secondary N) is 2. The highest BCUT2D eigenvalue weighted by molar-refractivity contribution is 6.08. The minimum atomic E-state index is -1.25. The number of carbonyl (C=O) groups is 3. The Labute approximate surface area is 178 Å². The molecule has 4 rings (SSSR count). The van der Waals surface area contributed by atoms with Crippen molar-refractivity contribution in [3.63, 3.8) is 0 Å². The van der Waals surface area contributed by atoms with Crippen LogP contribution in [0.3, 0.4) is 0 Å². The normalized spacial score (nSPS) is 18.2. The molecular weight excluding hydrogens is 398 g/mol. The van der Waals surface area contributed by atoms with Crippen LogP contribution in [0.1, 0.15) is 30.4 Å². The summed E-state index contributed by atoms with van der Waals surface area (Å²) in [6.07, 6.45) is 0.138. The van der Waals surface area contributed by atoms with Crippen molar-refractivity contribution in [2.75, 3.05) is 0 Å². The summed E-state index contributed by atoms with van der Waals surface area (Å²) in [6, 6.07) is 15.8. The van der Waals surface area contributed by atoms with Crippen molar-refractivity contribution < 1.29 is 18.9 Å². The van der Waals surface area contributed by atoms with Crippen molar-refractivity contribution in [3.8, 4) is 11.4 Å². The molecule has 31 heavy (non-hydrogen) atoms. The van der Waals surface area contributed by atoms with E-state index in [0.29, 0.717) is 16.4 Å². The molecule has 1 aliphatic heterocycles. The second-order valence-corrected chi connectivity index (χ2v) is 7.47. The first-order chi connectivity index (χ1) is 14.9. The summed E-state index contributed by atoms with van der Waals surface area (Å²) < 4.78 is 5.20. The number of rotatable bonds is 6. The number of benzene rings is 2. The number of amides is 4. The summed E-state index contributed by atoms with van der Waals surface area (Å²) in [4.78, 5) is 41.8. The maximum Gasteiger partial charge on any atom is 0.344 e. The lowest BCUT2D eigenvalue weighted by Gasteiger charge is -2.22. The molecule has 1 unspecified atom stereocenters. The number of imide groups is 1. The Morgan fingerprint density at radius 2 is 1.84 bits per heavy atom. The zero-order chi connectivity index (χ0) is 22.0. The third-order valence-corrected chi connectivity index (χ3v) is 5.12. The largest absolute Gasteiger partial charge is 0.344 e. The number of hydrogen-bond acceptors (Lipinski definition) is 6. The standard InChI is InChI=1S/C22H21N5O4/c1-14-8-10-15(11-9-14)19-23-18(31-26-19)13-12-17(28)25-27-20(29)22(2,24-21(27)30)16-6-4-3-5-7-16/h3-11H,12-13H2,1-2H3,(H,24,30)(H,25,28). The third kappa shape index (κ3) is 4.02. The Balaban J connectivity index is 1.37. The number of urea groups is 1. The molecule has 0 bridgehead atoms. The molecule has 1 fully saturated rings. The van der Waals surface area contributed by atoms with Crippen molar-refractivity contribution in [1.29, 1.82) is 0 Å². The number of aromatic nitrogens is 2. The molecule has 158 valence electrons. The van der Waals surface area contributed by atoms with Crippen LogP contribution in [-0.4, -0.2) is 33.0 Å². The summed E-state index contributed by atoms with van der Waals surface area (Å²) in [6.45, 7) is 3.58. The summed E-state index contributed by atoms with van der Waals surface area (Å²) in [7, 11) is 0. The van der Waals surface area contributed by atoms with E-state index in [1.165, 1.54) is 0 Å². The molecule has 2 aromatic carbocycles. The SMILES string of the molecule is Cc1ccc(-c2noc(CCC(=O)NN3C(=O)NC(C)(c4ccccc4)C3=O)n2)cc1. The van der Waals surface area contributed by atoms with Crippen molar-refractivity contribution in [3.05, 3.63) is 71.6 Å². The molecule has 0 radical (unpaired) electrons. The van der Waals surface area contributed by atoms with Gasteiger partial charge >= 0.3 is 6.03 Å². The van der Waals surface area contributed by atoms with E-state index in [1.54, 1.807) is 31.2 Å². The minimum absolute atomic E-state index is 0.0331. The molecule has 0 saturated carbocycles. The van der Waals surface area contributed by atoms with E-state index in [0.717, 1.165) is 11.1 Å². The van der Waals surface area contributed by atoms with Crippen LogP contribution >= 0.6 is 0 Å². The predicted octanol–water partition coefficient (Wildman–Crippen LogP) is 2.48. The van der Waals surface area contributed by atoms with Crippen LogP contribution in [0.5, 0.6) is 0 Å². The van der Waals surface area contributed by atoms with Gasteiger partial charge in [-0.3, -0.25) is 15.0 Å². The maximum atomic E-state index is 12.8. The molecule has 4 amide bonds. The van der Waals surface area contributed by atoms with E-state index in [2.05, 4.69) is 20.9 Å². The average Bonchev–Trinajstić information content (AvgIpc) is 3.33. The van der Waals surface area contributed by atoms with E-state index in [1.807, 2.05) is 37.3 Å². The molecule has 1 saturated heterocycles. The summed E-state index contributed by atoms with van der Waals surface area (Å²) in [5, 5.41) is 7.27. The summed E-state index contributed by atoms with van der Waals surface area (Å²) >= 11 is 0. The van der Waals surface area contributed by atoms with Gasteiger partial charge in [0.05, 0.1) is 0 Å². The molecule has 9 nitrogen and oxygen atoms in total. The van der Waals surface area contributed by atoms with Crippen molar-refractivity contribution in [2.24, 2.45) is 0 Å². The van der Waals surface area contributed by atoms with Crippen molar-refractivity contribution in [1.82, 2.24) is 25.9 Å². The van der Waals surface area contributed by atoms with Crippen LogP contribution < -0.4 is 10.7 Å². The molecule has 0 aliphatic carbocycles. The molecule has 0 spiro atoms. The van der Waals surface area contributed by atoms with Crippen LogP contribution in [0.4, 0.5) is 4.79 Å². The maximum absolute atomic E-state index is 12.8. The molecule has 1 aliphatic rings. The van der Waals surface area contributed by atoms with E-state index in [-0.39, 0.29) is 18.7 Å². The predicted molar refractivity (Wildman–Crippen MR) is 110 cm³/mol. The first kappa shape index (κ1) is 20.3. The van der Waals surface area contributed by atoms with Gasteiger partial charge in [-0.25, -0.2) is 4.79 Å². The molecule has 2 N–H and O–H groups in total. The van der Waals surface area contributed by atoms with E-state index in [9.17, 15) is 14.4 Å². The lowest BCUT2D eigenvalue weighted by atomic mass is 9.92. The zero-order valence-electron chi connectivity index (χ0n) is 17.1. The monoisotopic (exact) mass is 419 g/mol. The Bertz CT molecular complexity index is 1130. The highest BCUT2D eigenvalue weighted by Crippen LogP contribution is 2.27. The van der Waals surface area contributed by atoms with Crippen LogP contribution in [0.25, 0.3) is 11.4 Å². The topological polar surface area (TPSA) is 117 Å². The minimum Gasteiger partial charge on any atom is -0.339 e. The lowest BCUT2D eigenvalue weighted by Crippen LogP contribution is -2.48. The van der Waals surface area contributed by atoms with E-state index < -0.39 is 23.4 Å². The Morgan fingerprint density at radius 1 is 1.13 bits per heavy atom. The van der Waals surface area contributed by atoms with Crippen molar-refractivity contribution in [2.45, 2.75) is 32.2 Å². The van der Waals surface area contributed by atoms with Gasteiger partial charge in [-0.05, 0) is 19.4 Å². The van der Waals surface area contributed by atoms with Gasteiger partial charge in [0.25, 0.3) is 5.91 Å². The Morgan fingerprint density at radius 3 is 2.55 bits per heavy atom. The number of hydrogen-bond donors (Lipinski definition) is 2. The second kappa shape index (κ2) is 8.02. The van der Waals surface area contributed by atoms with Gasteiger partial charge in [0.15, 0.2) is 0 Å². The fourth-order valence-electron chi connectivity index (χ4n) is 3.29. The first-order valence-corrected chi connectivity index (χ1v) is 9.78. The van der Waals surface area contributed by atoms with Crippen LogP contribution in [0.2, 0.25) is 0 Å². The highest BCUT2D eigenvalue weighted by Gasteiger charge is 2.49. The summed E-state index contributed by atoms with van der Waals surface area (Å²) in [5.74, 6) is -0.354. The Hall–Kier alpha value is -4.01.